The van der Waals surface area contributed by atoms with Crippen molar-refractivity contribution >= 4 is 17.7 Å². The first-order chi connectivity index (χ1) is 16.0. The quantitative estimate of drug-likeness (QED) is 0.475. The first kappa shape index (κ1) is 22.8. The summed E-state index contributed by atoms with van der Waals surface area (Å²) < 4.78 is 3.37. The van der Waals surface area contributed by atoms with Crippen molar-refractivity contribution in [2.45, 2.75) is 6.92 Å². The molecule has 2 heterocycles. The number of para-hydroxylation sites is 1. The molecule has 7 heteroatoms. The summed E-state index contributed by atoms with van der Waals surface area (Å²) in [6, 6.07) is 19.8. The van der Waals surface area contributed by atoms with Crippen LogP contribution in [-0.4, -0.2) is 54.5 Å². The lowest BCUT2D eigenvalue weighted by Gasteiger charge is -2.28. The van der Waals surface area contributed by atoms with Crippen molar-refractivity contribution in [3.63, 3.8) is 0 Å². The molecule has 2 aromatic carbocycles. The van der Waals surface area contributed by atoms with E-state index in [1.807, 2.05) is 62.5 Å². The summed E-state index contributed by atoms with van der Waals surface area (Å²) in [4.78, 5) is 28.5. The van der Waals surface area contributed by atoms with E-state index in [2.05, 4.69) is 29.6 Å². The molecule has 0 aliphatic carbocycles. The van der Waals surface area contributed by atoms with Gasteiger partial charge in [0.15, 0.2) is 6.54 Å². The van der Waals surface area contributed by atoms with Gasteiger partial charge in [-0.3, -0.25) is 14.3 Å². The van der Waals surface area contributed by atoms with Gasteiger partial charge in [-0.25, -0.2) is 4.68 Å². The number of carbonyl (C=O) groups excluding carboxylic acids is 1. The molecular weight excluding hydrogens is 414 g/mol. The minimum absolute atomic E-state index is 0.108. The number of aromatic nitrogens is 2. The van der Waals surface area contributed by atoms with Crippen LogP contribution in [0.1, 0.15) is 11.3 Å². The van der Waals surface area contributed by atoms with Crippen molar-refractivity contribution < 1.29 is 14.6 Å². The van der Waals surface area contributed by atoms with E-state index in [0.717, 1.165) is 44.1 Å². The normalized spacial score (nSPS) is 18.5. The smallest absolute Gasteiger partial charge is 0.295 e. The third-order valence-corrected chi connectivity index (χ3v) is 6.41. The number of carbonyl (C=O) groups is 1. The standard InChI is InChI=1S/C26H31N5O2/c1-21-25(26(33)31(28(21)2)23-13-7-4-8-14-23)27-24(32)20-30-18-16-29(17-19-30)15-9-12-22-10-5-3-6-11-22/h3-14H,15-20H2,1-2H3,(H,27,32)/p+2/b12-9+. The van der Waals surface area contributed by atoms with Gasteiger partial charge in [-0.1, -0.05) is 54.6 Å². The van der Waals surface area contributed by atoms with Crippen LogP contribution in [0.15, 0.2) is 71.5 Å². The summed E-state index contributed by atoms with van der Waals surface area (Å²) in [6.07, 6.45) is 4.41. The van der Waals surface area contributed by atoms with E-state index in [0.29, 0.717) is 12.2 Å². The van der Waals surface area contributed by atoms with Crippen molar-refractivity contribution in [2.75, 3.05) is 44.6 Å². The van der Waals surface area contributed by atoms with Crippen LogP contribution < -0.4 is 20.7 Å². The van der Waals surface area contributed by atoms with Crippen LogP contribution in [0.4, 0.5) is 5.69 Å². The number of benzene rings is 2. The number of quaternary nitrogens is 2. The summed E-state index contributed by atoms with van der Waals surface area (Å²) in [5, 5.41) is 2.89. The average molecular weight is 448 g/mol. The molecule has 0 unspecified atom stereocenters. The number of anilines is 1. The molecule has 4 rings (SSSR count). The second-order valence-electron chi connectivity index (χ2n) is 8.68. The molecule has 33 heavy (non-hydrogen) atoms. The average Bonchev–Trinajstić information content (AvgIpc) is 3.04. The van der Waals surface area contributed by atoms with Crippen LogP contribution in [0, 0.1) is 6.92 Å². The van der Waals surface area contributed by atoms with Crippen LogP contribution in [0.25, 0.3) is 11.8 Å². The van der Waals surface area contributed by atoms with Gasteiger partial charge < -0.3 is 15.1 Å². The Morgan fingerprint density at radius 1 is 0.970 bits per heavy atom. The highest BCUT2D eigenvalue weighted by atomic mass is 16.2. The Labute approximate surface area is 194 Å². The molecule has 7 nitrogen and oxygen atoms in total. The van der Waals surface area contributed by atoms with Gasteiger partial charge in [0.1, 0.15) is 31.9 Å². The highest BCUT2D eigenvalue weighted by Gasteiger charge is 2.25. The van der Waals surface area contributed by atoms with E-state index < -0.39 is 0 Å². The molecule has 0 radical (unpaired) electrons. The van der Waals surface area contributed by atoms with Gasteiger partial charge in [0.05, 0.1) is 17.9 Å². The zero-order valence-corrected chi connectivity index (χ0v) is 19.4. The Morgan fingerprint density at radius 3 is 2.24 bits per heavy atom. The Morgan fingerprint density at radius 2 is 1.58 bits per heavy atom. The number of hydrogen-bond acceptors (Lipinski definition) is 2. The van der Waals surface area contributed by atoms with Crippen LogP contribution >= 0.6 is 0 Å². The van der Waals surface area contributed by atoms with Crippen molar-refractivity contribution in [1.82, 2.24) is 9.36 Å². The Hall–Kier alpha value is -3.42. The topological polar surface area (TPSA) is 64.9 Å². The third kappa shape index (κ3) is 5.50. The molecule has 1 aliphatic rings. The van der Waals surface area contributed by atoms with Gasteiger partial charge in [0, 0.05) is 7.05 Å². The Balaban J connectivity index is 1.30. The van der Waals surface area contributed by atoms with Crippen molar-refractivity contribution in [2.24, 2.45) is 7.05 Å². The fraction of sp³-hybridized carbons (Fsp3) is 0.308. The molecule has 0 saturated carbocycles. The van der Waals surface area contributed by atoms with E-state index in [-0.39, 0.29) is 11.5 Å². The predicted molar refractivity (Wildman–Crippen MR) is 131 cm³/mol. The maximum absolute atomic E-state index is 13.0. The molecule has 3 aromatic rings. The largest absolute Gasteiger partial charge is 0.322 e. The highest BCUT2D eigenvalue weighted by Crippen LogP contribution is 2.13. The van der Waals surface area contributed by atoms with E-state index in [9.17, 15) is 9.59 Å². The van der Waals surface area contributed by atoms with E-state index >= 15 is 0 Å². The monoisotopic (exact) mass is 447 g/mol. The summed E-state index contributed by atoms with van der Waals surface area (Å²) in [5.74, 6) is -0.108. The molecule has 1 aliphatic heterocycles. The lowest BCUT2D eigenvalue weighted by atomic mass is 10.2. The molecule has 1 amide bonds. The Bertz CT molecular complexity index is 1160. The van der Waals surface area contributed by atoms with Crippen LogP contribution in [0.5, 0.6) is 0 Å². The maximum Gasteiger partial charge on any atom is 0.295 e. The van der Waals surface area contributed by atoms with Crippen molar-refractivity contribution in [3.05, 3.63) is 88.4 Å². The second kappa shape index (κ2) is 10.5. The number of hydrogen-bond donors (Lipinski definition) is 3. The van der Waals surface area contributed by atoms with E-state index in [4.69, 9.17) is 0 Å². The molecule has 0 bridgehead atoms. The van der Waals surface area contributed by atoms with Gasteiger partial charge in [-0.2, -0.15) is 0 Å². The predicted octanol–water partition coefficient (Wildman–Crippen LogP) is -0.0803. The van der Waals surface area contributed by atoms with Gasteiger partial charge >= 0.3 is 0 Å². The van der Waals surface area contributed by atoms with Crippen molar-refractivity contribution in [1.29, 1.82) is 0 Å². The van der Waals surface area contributed by atoms with Crippen LogP contribution in [0.3, 0.4) is 0 Å². The lowest BCUT2D eigenvalue weighted by Crippen LogP contribution is -3.28. The van der Waals surface area contributed by atoms with Gasteiger partial charge in [-0.15, -0.1) is 0 Å². The summed E-state index contributed by atoms with van der Waals surface area (Å²) in [7, 11) is 1.83. The highest BCUT2D eigenvalue weighted by molar-refractivity contribution is 5.91. The second-order valence-corrected chi connectivity index (χ2v) is 8.68. The zero-order valence-electron chi connectivity index (χ0n) is 19.4. The first-order valence-electron chi connectivity index (χ1n) is 11.6. The van der Waals surface area contributed by atoms with Gasteiger partial charge in [-0.05, 0) is 30.7 Å². The molecule has 0 atom stereocenters. The molecule has 3 N–H and O–H groups in total. The molecule has 1 fully saturated rings. The van der Waals surface area contributed by atoms with Crippen LogP contribution in [-0.2, 0) is 11.8 Å². The minimum atomic E-state index is -0.205. The summed E-state index contributed by atoms with van der Waals surface area (Å²) in [6.45, 7) is 7.20. The first-order valence-corrected chi connectivity index (χ1v) is 11.6. The van der Waals surface area contributed by atoms with E-state index in [1.165, 1.54) is 15.4 Å². The number of nitrogens with one attached hydrogen (secondary N) is 3. The number of rotatable bonds is 7. The third-order valence-electron chi connectivity index (χ3n) is 6.41. The lowest BCUT2D eigenvalue weighted by molar-refractivity contribution is -1.01. The molecule has 0 spiro atoms. The van der Waals surface area contributed by atoms with Gasteiger partial charge in [0.2, 0.25) is 0 Å². The SMILES string of the molecule is Cc1c(NC(=O)C[NH+]2CC[NH+](C/C=C/c3ccccc3)CC2)c(=O)n(-c2ccccc2)n1C. The molecule has 1 aromatic heterocycles. The Kier molecular flexibility index (Phi) is 7.22. The number of piperazine rings is 1. The number of amides is 1. The molecule has 172 valence electrons. The number of nitrogens with zero attached hydrogens (tertiary/aromatic N) is 2. The molecular formula is C26H33N5O2+2. The van der Waals surface area contributed by atoms with Crippen LogP contribution in [0.2, 0.25) is 0 Å². The fourth-order valence-corrected chi connectivity index (χ4v) is 4.39. The zero-order chi connectivity index (χ0) is 23.2. The minimum Gasteiger partial charge on any atom is -0.322 e. The van der Waals surface area contributed by atoms with E-state index in [1.54, 1.807) is 9.36 Å². The summed E-state index contributed by atoms with van der Waals surface area (Å²) in [5.41, 5.74) is 2.90. The summed E-state index contributed by atoms with van der Waals surface area (Å²) >= 11 is 0. The molecule has 1 saturated heterocycles. The van der Waals surface area contributed by atoms with Crippen molar-refractivity contribution in [3.8, 4) is 5.69 Å². The fourth-order valence-electron chi connectivity index (χ4n) is 4.39. The van der Waals surface area contributed by atoms with Gasteiger partial charge in [0.25, 0.3) is 11.5 Å². The maximum atomic E-state index is 13.0.